The molecule has 9 nitrogen and oxygen atoms in total. The quantitative estimate of drug-likeness (QED) is 0.0668. The monoisotopic (exact) mass is 720 g/mol. The number of nitrogens with zero attached hydrogens (tertiary/aromatic N) is 5. The van der Waals surface area contributed by atoms with Gasteiger partial charge in [-0.25, -0.2) is 4.39 Å². The van der Waals surface area contributed by atoms with Crippen molar-refractivity contribution < 1.29 is 27.1 Å². The van der Waals surface area contributed by atoms with Crippen LogP contribution in [0.5, 0.6) is 0 Å². The highest BCUT2D eigenvalue weighted by Crippen LogP contribution is 2.31. The molecule has 0 unspecified atom stereocenters. The minimum atomic E-state index is -4.41. The Hall–Kier alpha value is -4.82. The number of carbonyl (C=O) groups is 1. The summed E-state index contributed by atoms with van der Waals surface area (Å²) in [6.07, 6.45) is -2.24. The molecule has 0 fully saturated rings. The average molecular weight is 721 g/mol. The smallest absolute Gasteiger partial charge is 0.416 e. The number of rotatable bonds is 12. The summed E-state index contributed by atoms with van der Waals surface area (Å²) in [5.74, 6) is 0.856. The van der Waals surface area contributed by atoms with Crippen molar-refractivity contribution in [3.63, 3.8) is 0 Å². The molecule has 266 valence electrons. The lowest BCUT2D eigenvalue weighted by Crippen LogP contribution is -2.47. The van der Waals surface area contributed by atoms with Gasteiger partial charge in [0.25, 0.3) is 5.56 Å². The number of esters is 1. The predicted octanol–water partition coefficient (Wildman–Crippen LogP) is 6.58. The van der Waals surface area contributed by atoms with E-state index in [1.807, 2.05) is 33.4 Å². The number of fused-ring (bicyclic) bond motifs is 1. The highest BCUT2D eigenvalue weighted by atomic mass is 32.2. The Balaban J connectivity index is 1.32. The fourth-order valence-electron chi connectivity index (χ4n) is 6.00. The summed E-state index contributed by atoms with van der Waals surface area (Å²) in [5, 5.41) is 12.8. The summed E-state index contributed by atoms with van der Waals surface area (Å²) < 4.78 is 61.7. The van der Waals surface area contributed by atoms with Crippen molar-refractivity contribution >= 4 is 17.7 Å². The van der Waals surface area contributed by atoms with Crippen LogP contribution in [0.4, 0.5) is 17.6 Å². The third-order valence-electron chi connectivity index (χ3n) is 8.91. The minimum absolute atomic E-state index is 0.186. The molecular weight excluding hydrogens is 685 g/mol. The van der Waals surface area contributed by atoms with Gasteiger partial charge in [-0.1, -0.05) is 60.3 Å². The zero-order valence-electron chi connectivity index (χ0n) is 28.3. The van der Waals surface area contributed by atoms with Gasteiger partial charge >= 0.3 is 12.1 Å². The second-order valence-corrected chi connectivity index (χ2v) is 13.8. The number of carbonyl (C=O) groups excluding carboxylic acids is 1. The maximum atomic E-state index is 13.5. The molecule has 5 aromatic rings. The predicted molar refractivity (Wildman–Crippen MR) is 185 cm³/mol. The van der Waals surface area contributed by atoms with Gasteiger partial charge in [0, 0.05) is 17.0 Å². The second-order valence-electron chi connectivity index (χ2n) is 12.8. The molecule has 0 amide bonds. The van der Waals surface area contributed by atoms with Gasteiger partial charge in [0.15, 0.2) is 11.0 Å². The Morgan fingerprint density at radius 3 is 2.14 bits per heavy atom. The number of ether oxygens (including phenoxy) is 1. The lowest BCUT2D eigenvalue weighted by molar-refractivity contribution is -0.147. The number of alkyl halides is 3. The van der Waals surface area contributed by atoms with Crippen molar-refractivity contribution in [2.45, 2.75) is 75.4 Å². The van der Waals surface area contributed by atoms with Gasteiger partial charge in [-0.15, -0.1) is 10.2 Å². The van der Waals surface area contributed by atoms with Gasteiger partial charge in [-0.05, 0) is 79.6 Å². The van der Waals surface area contributed by atoms with Gasteiger partial charge in [0.2, 0.25) is 0 Å². The van der Waals surface area contributed by atoms with E-state index in [2.05, 4.69) is 20.5 Å². The summed E-state index contributed by atoms with van der Waals surface area (Å²) >= 11 is 1.39. The first-order valence-electron chi connectivity index (χ1n) is 16.3. The van der Waals surface area contributed by atoms with Crippen molar-refractivity contribution in [2.24, 2.45) is 0 Å². The molecule has 14 heteroatoms. The van der Waals surface area contributed by atoms with E-state index in [-0.39, 0.29) is 24.5 Å². The van der Waals surface area contributed by atoms with Crippen LogP contribution in [0.3, 0.4) is 0 Å². The highest BCUT2D eigenvalue weighted by Gasteiger charge is 2.31. The fourth-order valence-corrected chi connectivity index (χ4v) is 6.96. The van der Waals surface area contributed by atoms with Crippen LogP contribution in [0.1, 0.15) is 59.9 Å². The Bertz CT molecular complexity index is 2080. The van der Waals surface area contributed by atoms with E-state index in [0.29, 0.717) is 53.1 Å². The Morgan fingerprint density at radius 2 is 1.49 bits per heavy atom. The molecule has 1 aliphatic carbocycles. The van der Waals surface area contributed by atoms with Crippen LogP contribution in [0, 0.1) is 5.82 Å². The summed E-state index contributed by atoms with van der Waals surface area (Å²) in [4.78, 5) is 29.9. The second kappa shape index (κ2) is 14.8. The molecule has 51 heavy (non-hydrogen) atoms. The standard InChI is InChI=1S/C37H36F4N6O3S/c1-36(2,34(49)50-3)42-19-31-44-45-32(47(31)20-23-7-11-25(12-8-23)26-13-15-27(16-14-26)37(39,40)41)21-46-30-6-4-5-29(30)33(48)43-35(46)51-22-24-9-17-28(38)18-10-24/h7-18,42H,4-6,19-22H2,1-3H3. The first-order valence-corrected chi connectivity index (χ1v) is 17.3. The average Bonchev–Trinajstić information content (AvgIpc) is 3.76. The summed E-state index contributed by atoms with van der Waals surface area (Å²) in [7, 11) is 1.32. The van der Waals surface area contributed by atoms with Crippen LogP contribution in [0.25, 0.3) is 11.1 Å². The molecule has 0 spiro atoms. The number of methoxy groups -OCH3 is 1. The molecule has 3 aromatic carbocycles. The van der Waals surface area contributed by atoms with Crippen LogP contribution in [-0.4, -0.2) is 42.9 Å². The van der Waals surface area contributed by atoms with Gasteiger partial charge in [-0.2, -0.15) is 18.2 Å². The third-order valence-corrected chi connectivity index (χ3v) is 9.96. The zero-order chi connectivity index (χ0) is 36.3. The van der Waals surface area contributed by atoms with E-state index in [9.17, 15) is 27.2 Å². The third kappa shape index (κ3) is 8.23. The Labute approximate surface area is 296 Å². The molecule has 0 atom stereocenters. The number of hydrogen-bond acceptors (Lipinski definition) is 8. The molecule has 6 rings (SSSR count). The first kappa shape index (κ1) is 36.0. The number of hydrogen-bond donors (Lipinski definition) is 1. The van der Waals surface area contributed by atoms with E-state index in [1.165, 1.54) is 43.1 Å². The Kier molecular flexibility index (Phi) is 10.4. The first-order chi connectivity index (χ1) is 24.3. The topological polar surface area (TPSA) is 104 Å². The molecular formula is C37H36F4N6O3S. The summed E-state index contributed by atoms with van der Waals surface area (Å²) in [6, 6.07) is 18.7. The van der Waals surface area contributed by atoms with Crippen molar-refractivity contribution in [1.29, 1.82) is 0 Å². The van der Waals surface area contributed by atoms with Crippen molar-refractivity contribution in [3.8, 4) is 11.1 Å². The molecule has 2 aromatic heterocycles. The van der Waals surface area contributed by atoms with Crippen LogP contribution in [0.15, 0.2) is 82.7 Å². The van der Waals surface area contributed by atoms with Crippen molar-refractivity contribution in [3.05, 3.63) is 129 Å². The van der Waals surface area contributed by atoms with Gasteiger partial charge in [0.1, 0.15) is 17.2 Å². The SMILES string of the molecule is COC(=O)C(C)(C)NCc1nnc(Cn2c(SCc3ccc(F)cc3)nc(=O)c3c2CCC3)n1Cc1ccc(-c2ccc(C(F)(F)F)cc2)cc1. The van der Waals surface area contributed by atoms with Gasteiger partial charge in [0.05, 0.1) is 32.3 Å². The molecule has 1 aliphatic rings. The molecule has 0 radical (unpaired) electrons. The Morgan fingerprint density at radius 1 is 0.863 bits per heavy atom. The van der Waals surface area contributed by atoms with E-state index in [1.54, 1.807) is 26.0 Å². The largest absolute Gasteiger partial charge is 0.468 e. The van der Waals surface area contributed by atoms with E-state index in [0.717, 1.165) is 40.9 Å². The number of benzene rings is 3. The number of aromatic nitrogens is 5. The number of thioether (sulfide) groups is 1. The number of halogens is 4. The molecule has 2 heterocycles. The molecule has 0 saturated carbocycles. The van der Waals surface area contributed by atoms with E-state index >= 15 is 0 Å². The van der Waals surface area contributed by atoms with Crippen LogP contribution >= 0.6 is 11.8 Å². The summed E-state index contributed by atoms with van der Waals surface area (Å²) in [5.41, 5.74) is 2.80. The molecule has 1 N–H and O–H groups in total. The molecule has 0 aliphatic heterocycles. The van der Waals surface area contributed by atoms with E-state index in [4.69, 9.17) is 4.74 Å². The highest BCUT2D eigenvalue weighted by molar-refractivity contribution is 7.98. The minimum Gasteiger partial charge on any atom is -0.468 e. The van der Waals surface area contributed by atoms with E-state index < -0.39 is 23.2 Å². The van der Waals surface area contributed by atoms with Crippen molar-refractivity contribution in [2.75, 3.05) is 7.11 Å². The lowest BCUT2D eigenvalue weighted by atomic mass is 10.0. The normalized spacial score (nSPS) is 13.0. The van der Waals surface area contributed by atoms with Crippen molar-refractivity contribution in [1.82, 2.24) is 29.6 Å². The fraction of sp³-hybridized carbons (Fsp3) is 0.324. The van der Waals surface area contributed by atoms with Gasteiger partial charge in [-0.3, -0.25) is 14.9 Å². The molecule has 0 saturated heterocycles. The molecule has 0 bridgehead atoms. The number of nitrogens with one attached hydrogen (secondary N) is 1. The summed E-state index contributed by atoms with van der Waals surface area (Å²) in [6.45, 7) is 4.21. The lowest BCUT2D eigenvalue weighted by Gasteiger charge is -2.23. The van der Waals surface area contributed by atoms with Crippen LogP contribution in [-0.2, 0) is 53.9 Å². The zero-order valence-corrected chi connectivity index (χ0v) is 29.1. The maximum absolute atomic E-state index is 13.5. The maximum Gasteiger partial charge on any atom is 0.416 e. The van der Waals surface area contributed by atoms with Gasteiger partial charge < -0.3 is 13.9 Å². The van der Waals surface area contributed by atoms with Crippen LogP contribution in [0.2, 0.25) is 0 Å². The van der Waals surface area contributed by atoms with Crippen LogP contribution < -0.4 is 10.9 Å².